The van der Waals surface area contributed by atoms with Gasteiger partial charge >= 0.3 is 0 Å². The van der Waals surface area contributed by atoms with Gasteiger partial charge in [-0.3, -0.25) is 4.90 Å². The Labute approximate surface area is 91.8 Å². The van der Waals surface area contributed by atoms with Crippen LogP contribution >= 0.6 is 0 Å². The van der Waals surface area contributed by atoms with Crippen LogP contribution in [0.2, 0.25) is 0 Å². The summed E-state index contributed by atoms with van der Waals surface area (Å²) in [6.07, 6.45) is 7.31. The predicted octanol–water partition coefficient (Wildman–Crippen LogP) is 0.726. The first kappa shape index (κ1) is 10.1. The first-order chi connectivity index (χ1) is 7.34. The van der Waals surface area contributed by atoms with Crippen LogP contribution < -0.4 is 5.32 Å². The van der Waals surface area contributed by atoms with Gasteiger partial charge in [0, 0.05) is 18.1 Å². The van der Waals surface area contributed by atoms with E-state index in [1.807, 2.05) is 0 Å². The van der Waals surface area contributed by atoms with E-state index in [9.17, 15) is 5.11 Å². The number of aliphatic hydroxyl groups excluding tert-OH is 1. The Hall–Kier alpha value is -0.120. The van der Waals surface area contributed by atoms with E-state index in [0.29, 0.717) is 12.1 Å². The van der Waals surface area contributed by atoms with E-state index in [1.165, 1.54) is 38.8 Å². The molecule has 2 atom stereocenters. The second-order valence-corrected chi connectivity index (χ2v) is 5.44. The molecule has 0 saturated carbocycles. The minimum absolute atomic E-state index is 0.0135. The Balaban J connectivity index is 1.70. The van der Waals surface area contributed by atoms with Crippen LogP contribution in [-0.2, 0) is 0 Å². The van der Waals surface area contributed by atoms with Gasteiger partial charge in [0.1, 0.15) is 0 Å². The minimum atomic E-state index is -0.0135. The number of aliphatic hydroxyl groups is 1. The summed E-state index contributed by atoms with van der Waals surface area (Å²) in [5.74, 6) is 0. The molecule has 0 amide bonds. The summed E-state index contributed by atoms with van der Waals surface area (Å²) in [6, 6.07) is 2.19. The number of rotatable bonds is 1. The maximum Gasteiger partial charge on any atom is 0.0570 e. The summed E-state index contributed by atoms with van der Waals surface area (Å²) in [6.45, 7) is 2.37. The summed E-state index contributed by atoms with van der Waals surface area (Å²) in [4.78, 5) is 2.76. The molecule has 3 aliphatic rings. The molecule has 0 radical (unpaired) electrons. The molecule has 3 heterocycles. The van der Waals surface area contributed by atoms with Crippen molar-refractivity contribution in [3.05, 3.63) is 0 Å². The van der Waals surface area contributed by atoms with E-state index in [1.54, 1.807) is 0 Å². The predicted molar refractivity (Wildman–Crippen MR) is 59.8 cm³/mol. The highest BCUT2D eigenvalue weighted by Crippen LogP contribution is 2.38. The molecule has 2 bridgehead atoms. The zero-order valence-electron chi connectivity index (χ0n) is 9.36. The van der Waals surface area contributed by atoms with E-state index < -0.39 is 0 Å². The summed E-state index contributed by atoms with van der Waals surface area (Å²) >= 11 is 0. The lowest BCUT2D eigenvalue weighted by atomic mass is 9.94. The van der Waals surface area contributed by atoms with Crippen molar-refractivity contribution >= 4 is 0 Å². The molecule has 0 aliphatic carbocycles. The van der Waals surface area contributed by atoms with Crippen LogP contribution in [0.1, 0.15) is 38.5 Å². The summed E-state index contributed by atoms with van der Waals surface area (Å²) in [5.41, 5.74) is 0. The first-order valence-electron chi connectivity index (χ1n) is 6.51. The second kappa shape index (κ2) is 4.04. The highest BCUT2D eigenvalue weighted by molar-refractivity contribution is 4.98. The van der Waals surface area contributed by atoms with Crippen molar-refractivity contribution in [2.45, 2.75) is 62.8 Å². The van der Waals surface area contributed by atoms with E-state index >= 15 is 0 Å². The van der Waals surface area contributed by atoms with Gasteiger partial charge in [0.25, 0.3) is 0 Å². The van der Waals surface area contributed by atoms with Gasteiger partial charge in [-0.1, -0.05) is 0 Å². The van der Waals surface area contributed by atoms with Crippen LogP contribution in [0.15, 0.2) is 0 Å². The van der Waals surface area contributed by atoms with Crippen molar-refractivity contribution in [2.75, 3.05) is 13.1 Å². The zero-order chi connectivity index (χ0) is 10.3. The van der Waals surface area contributed by atoms with Crippen molar-refractivity contribution in [1.29, 1.82) is 0 Å². The quantitative estimate of drug-likeness (QED) is 0.669. The molecule has 3 heteroatoms. The largest absolute Gasteiger partial charge is 0.393 e. The third kappa shape index (κ3) is 1.81. The molecule has 3 nitrogen and oxygen atoms in total. The van der Waals surface area contributed by atoms with Gasteiger partial charge in [0.05, 0.1) is 6.10 Å². The molecule has 2 unspecified atom stereocenters. The molecule has 0 aromatic carbocycles. The number of fused-ring (bicyclic) bond motifs is 2. The fourth-order valence-electron chi connectivity index (χ4n) is 3.89. The lowest BCUT2D eigenvalue weighted by Gasteiger charge is -2.44. The van der Waals surface area contributed by atoms with Crippen LogP contribution in [0.4, 0.5) is 0 Å². The number of nitrogens with zero attached hydrogens (tertiary/aromatic N) is 1. The fourth-order valence-corrected chi connectivity index (χ4v) is 3.89. The maximum absolute atomic E-state index is 9.77. The van der Waals surface area contributed by atoms with Crippen molar-refractivity contribution in [1.82, 2.24) is 10.2 Å². The monoisotopic (exact) mass is 210 g/mol. The molecular weight excluding hydrogens is 188 g/mol. The highest BCUT2D eigenvalue weighted by Gasteiger charge is 2.43. The van der Waals surface area contributed by atoms with Gasteiger partial charge in [-0.15, -0.1) is 0 Å². The molecule has 0 aromatic rings. The fraction of sp³-hybridized carbons (Fsp3) is 1.00. The SMILES string of the molecule is OC1CC2CCC(C1)N2C1CCNCC1. The summed E-state index contributed by atoms with van der Waals surface area (Å²) in [5, 5.41) is 13.2. The van der Waals surface area contributed by atoms with Crippen LogP contribution in [0, 0.1) is 0 Å². The molecule has 2 N–H and O–H groups in total. The smallest absolute Gasteiger partial charge is 0.0570 e. The van der Waals surface area contributed by atoms with Crippen LogP contribution in [0.3, 0.4) is 0 Å². The Bertz CT molecular complexity index is 214. The Kier molecular flexibility index (Phi) is 2.71. The minimum Gasteiger partial charge on any atom is -0.393 e. The molecule has 3 rings (SSSR count). The topological polar surface area (TPSA) is 35.5 Å². The van der Waals surface area contributed by atoms with Crippen molar-refractivity contribution in [2.24, 2.45) is 0 Å². The van der Waals surface area contributed by atoms with E-state index in [4.69, 9.17) is 0 Å². The first-order valence-corrected chi connectivity index (χ1v) is 6.51. The van der Waals surface area contributed by atoms with Crippen molar-refractivity contribution < 1.29 is 5.11 Å². The van der Waals surface area contributed by atoms with Gasteiger partial charge in [0.2, 0.25) is 0 Å². The number of hydrogen-bond acceptors (Lipinski definition) is 3. The normalized spacial score (nSPS) is 43.4. The van der Waals surface area contributed by atoms with Crippen molar-refractivity contribution in [3.8, 4) is 0 Å². The van der Waals surface area contributed by atoms with Crippen molar-refractivity contribution in [3.63, 3.8) is 0 Å². The van der Waals surface area contributed by atoms with E-state index in [2.05, 4.69) is 10.2 Å². The van der Waals surface area contributed by atoms with Gasteiger partial charge in [-0.2, -0.15) is 0 Å². The third-order valence-corrected chi connectivity index (χ3v) is 4.50. The van der Waals surface area contributed by atoms with Gasteiger partial charge in [0.15, 0.2) is 0 Å². The lowest BCUT2D eigenvalue weighted by Crippen LogP contribution is -2.53. The average molecular weight is 210 g/mol. The Morgan fingerprint density at radius 1 is 0.867 bits per heavy atom. The molecular formula is C12H22N2O. The Morgan fingerprint density at radius 3 is 2.07 bits per heavy atom. The van der Waals surface area contributed by atoms with Crippen LogP contribution in [-0.4, -0.2) is 47.3 Å². The average Bonchev–Trinajstić information content (AvgIpc) is 2.53. The highest BCUT2D eigenvalue weighted by atomic mass is 16.3. The molecule has 3 aliphatic heterocycles. The molecule has 3 fully saturated rings. The Morgan fingerprint density at radius 2 is 1.47 bits per heavy atom. The van der Waals surface area contributed by atoms with Crippen LogP contribution in [0.5, 0.6) is 0 Å². The van der Waals surface area contributed by atoms with Gasteiger partial charge in [-0.05, 0) is 51.6 Å². The molecule has 15 heavy (non-hydrogen) atoms. The summed E-state index contributed by atoms with van der Waals surface area (Å²) in [7, 11) is 0. The van der Waals surface area contributed by atoms with Gasteiger partial charge < -0.3 is 10.4 Å². The standard InChI is InChI=1S/C12H22N2O/c15-12-7-10-1-2-11(8-12)14(10)9-3-5-13-6-4-9/h9-13,15H,1-8H2. The van der Waals surface area contributed by atoms with Crippen LogP contribution in [0.25, 0.3) is 0 Å². The number of hydrogen-bond donors (Lipinski definition) is 2. The number of piperidine rings is 2. The molecule has 86 valence electrons. The lowest BCUT2D eigenvalue weighted by molar-refractivity contribution is 0.00266. The second-order valence-electron chi connectivity index (χ2n) is 5.44. The number of nitrogens with one attached hydrogen (secondary N) is 1. The maximum atomic E-state index is 9.77. The molecule has 3 saturated heterocycles. The molecule has 0 aromatic heterocycles. The van der Waals surface area contributed by atoms with E-state index in [-0.39, 0.29) is 6.10 Å². The van der Waals surface area contributed by atoms with Gasteiger partial charge in [-0.25, -0.2) is 0 Å². The van der Waals surface area contributed by atoms with E-state index in [0.717, 1.165) is 18.9 Å². The zero-order valence-corrected chi connectivity index (χ0v) is 9.36. The third-order valence-electron chi connectivity index (χ3n) is 4.50. The summed E-state index contributed by atoms with van der Waals surface area (Å²) < 4.78 is 0. The molecule has 0 spiro atoms.